The number of carbonyl (C=O) groups excluding carboxylic acids is 3. The fourth-order valence-electron chi connectivity index (χ4n) is 4.08. The molecule has 0 saturated carbocycles. The van der Waals surface area contributed by atoms with Gasteiger partial charge in [0.05, 0.1) is 23.8 Å². The Morgan fingerprint density at radius 3 is 2.40 bits per heavy atom. The van der Waals surface area contributed by atoms with E-state index in [0.717, 1.165) is 5.56 Å². The lowest BCUT2D eigenvalue weighted by Crippen LogP contribution is -2.29. The van der Waals surface area contributed by atoms with Crippen molar-refractivity contribution in [3.8, 4) is 0 Å². The lowest BCUT2D eigenvalue weighted by Gasteiger charge is -2.26. The molecule has 1 heterocycles. The van der Waals surface area contributed by atoms with E-state index in [4.69, 9.17) is 16.3 Å². The molecule has 0 bridgehead atoms. The highest BCUT2D eigenvalue weighted by molar-refractivity contribution is 6.51. The van der Waals surface area contributed by atoms with E-state index in [-0.39, 0.29) is 23.5 Å². The third kappa shape index (κ3) is 4.84. The molecule has 35 heavy (non-hydrogen) atoms. The van der Waals surface area contributed by atoms with Crippen LogP contribution in [0.25, 0.3) is 5.76 Å². The molecule has 1 N–H and O–H groups in total. The topological polar surface area (TPSA) is 83.9 Å². The van der Waals surface area contributed by atoms with Crippen molar-refractivity contribution in [2.45, 2.75) is 26.3 Å². The van der Waals surface area contributed by atoms with Gasteiger partial charge in [-0.15, -0.1) is 0 Å². The maximum atomic E-state index is 13.3. The number of hydrogen-bond donors (Lipinski definition) is 1. The number of nitrogens with zero attached hydrogens (tertiary/aromatic N) is 1. The Kier molecular flexibility index (Phi) is 7.03. The first-order chi connectivity index (χ1) is 16.8. The molecule has 1 aliphatic rings. The molecule has 0 aromatic heterocycles. The number of ketones is 1. The Balaban J connectivity index is 1.88. The van der Waals surface area contributed by atoms with Crippen LogP contribution in [0.1, 0.15) is 46.4 Å². The Bertz CT molecular complexity index is 1330. The smallest absolute Gasteiger partial charge is 0.338 e. The van der Waals surface area contributed by atoms with Crippen molar-refractivity contribution in [3.63, 3.8) is 0 Å². The van der Waals surface area contributed by atoms with Gasteiger partial charge in [-0.05, 0) is 61.4 Å². The van der Waals surface area contributed by atoms with E-state index in [9.17, 15) is 19.5 Å². The van der Waals surface area contributed by atoms with Crippen molar-refractivity contribution >= 4 is 40.7 Å². The van der Waals surface area contributed by atoms with Crippen molar-refractivity contribution in [3.05, 3.63) is 106 Å². The van der Waals surface area contributed by atoms with Gasteiger partial charge in [0.1, 0.15) is 5.76 Å². The van der Waals surface area contributed by atoms with E-state index < -0.39 is 23.7 Å². The highest BCUT2D eigenvalue weighted by Gasteiger charge is 2.47. The minimum absolute atomic E-state index is 0.0399. The Labute approximate surface area is 208 Å². The van der Waals surface area contributed by atoms with Gasteiger partial charge in [0.25, 0.3) is 11.7 Å². The number of aryl methyl sites for hydroxylation is 1. The molecule has 3 aromatic rings. The molecule has 7 heteroatoms. The number of benzene rings is 3. The predicted molar refractivity (Wildman–Crippen MR) is 134 cm³/mol. The van der Waals surface area contributed by atoms with E-state index in [1.165, 1.54) is 11.0 Å². The lowest BCUT2D eigenvalue weighted by molar-refractivity contribution is -0.132. The summed E-state index contributed by atoms with van der Waals surface area (Å²) in [6.07, 6.45) is 0.679. The molecule has 1 aliphatic heterocycles. The Morgan fingerprint density at radius 1 is 1.00 bits per heavy atom. The average molecular weight is 490 g/mol. The van der Waals surface area contributed by atoms with Crippen LogP contribution in [0.15, 0.2) is 78.4 Å². The maximum Gasteiger partial charge on any atom is 0.338 e. The van der Waals surface area contributed by atoms with Gasteiger partial charge in [0.2, 0.25) is 0 Å². The number of Topliss-reactive ketones (excluding diaryl/α,β-unsaturated/α-hetero) is 1. The molecule has 1 amide bonds. The number of aliphatic hydroxyl groups excluding tert-OH is 1. The zero-order chi connectivity index (χ0) is 25.1. The minimum Gasteiger partial charge on any atom is -0.507 e. The Hall–Kier alpha value is -3.90. The number of ether oxygens (including phenoxy) is 1. The SMILES string of the molecule is CCCOC(=O)c1cccc(N2C(=O)C(=O)/C(=C(/O)c3ccc(Cl)cc3)C2c2cccc(C)c2)c1. The van der Waals surface area contributed by atoms with Crippen LogP contribution in [0, 0.1) is 6.92 Å². The van der Waals surface area contributed by atoms with Crippen LogP contribution >= 0.6 is 11.6 Å². The highest BCUT2D eigenvalue weighted by Crippen LogP contribution is 2.42. The van der Waals surface area contributed by atoms with Gasteiger partial charge in [0.15, 0.2) is 0 Å². The van der Waals surface area contributed by atoms with Crippen molar-refractivity contribution in [1.29, 1.82) is 0 Å². The fourth-order valence-corrected chi connectivity index (χ4v) is 4.20. The van der Waals surface area contributed by atoms with Gasteiger partial charge >= 0.3 is 5.97 Å². The van der Waals surface area contributed by atoms with Gasteiger partial charge < -0.3 is 9.84 Å². The summed E-state index contributed by atoms with van der Waals surface area (Å²) in [5.74, 6) is -2.43. The van der Waals surface area contributed by atoms with Crippen LogP contribution < -0.4 is 4.90 Å². The molecular formula is C28H24ClNO5. The molecule has 0 aliphatic carbocycles. The number of rotatable bonds is 6. The van der Waals surface area contributed by atoms with E-state index >= 15 is 0 Å². The average Bonchev–Trinajstić information content (AvgIpc) is 3.13. The van der Waals surface area contributed by atoms with Crippen LogP contribution in [0.5, 0.6) is 0 Å². The largest absolute Gasteiger partial charge is 0.507 e. The first-order valence-electron chi connectivity index (χ1n) is 11.2. The van der Waals surface area contributed by atoms with Gasteiger partial charge in [-0.3, -0.25) is 14.5 Å². The van der Waals surface area contributed by atoms with E-state index in [1.807, 2.05) is 32.0 Å². The molecule has 3 aromatic carbocycles. The minimum atomic E-state index is -0.896. The van der Waals surface area contributed by atoms with Gasteiger partial charge in [0, 0.05) is 16.3 Å². The quantitative estimate of drug-likeness (QED) is 0.203. The van der Waals surface area contributed by atoms with Crippen molar-refractivity contribution in [2.24, 2.45) is 0 Å². The lowest BCUT2D eigenvalue weighted by atomic mass is 9.94. The zero-order valence-corrected chi connectivity index (χ0v) is 20.1. The predicted octanol–water partition coefficient (Wildman–Crippen LogP) is 5.84. The summed E-state index contributed by atoms with van der Waals surface area (Å²) < 4.78 is 5.23. The van der Waals surface area contributed by atoms with Gasteiger partial charge in [-0.2, -0.15) is 0 Å². The fraction of sp³-hybridized carbons (Fsp3) is 0.179. The maximum absolute atomic E-state index is 13.3. The second kappa shape index (κ2) is 10.2. The third-order valence-corrected chi connectivity index (χ3v) is 5.97. The van der Waals surface area contributed by atoms with Crippen molar-refractivity contribution < 1.29 is 24.2 Å². The molecule has 0 spiro atoms. The van der Waals surface area contributed by atoms with E-state index in [2.05, 4.69) is 0 Å². The summed E-state index contributed by atoms with van der Waals surface area (Å²) in [4.78, 5) is 40.4. The first kappa shape index (κ1) is 24.2. The standard InChI is InChI=1S/C28H24ClNO5/c1-3-14-35-28(34)20-8-5-9-22(16-20)30-24(19-7-4-6-17(2)15-19)23(26(32)27(30)33)25(31)18-10-12-21(29)13-11-18/h4-13,15-16,24,31H,3,14H2,1-2H3/b25-23+. The number of anilines is 1. The molecule has 0 radical (unpaired) electrons. The second-order valence-corrected chi connectivity index (χ2v) is 8.71. The van der Waals surface area contributed by atoms with Crippen LogP contribution in [0.3, 0.4) is 0 Å². The summed E-state index contributed by atoms with van der Waals surface area (Å²) in [7, 11) is 0. The number of carbonyl (C=O) groups is 3. The van der Waals surface area contributed by atoms with E-state index in [1.54, 1.807) is 48.5 Å². The van der Waals surface area contributed by atoms with Crippen LogP contribution in [-0.2, 0) is 14.3 Å². The number of aliphatic hydroxyl groups is 1. The molecular weight excluding hydrogens is 466 g/mol. The highest BCUT2D eigenvalue weighted by atomic mass is 35.5. The Morgan fingerprint density at radius 2 is 1.71 bits per heavy atom. The monoisotopic (exact) mass is 489 g/mol. The molecule has 1 atom stereocenters. The summed E-state index contributed by atoms with van der Waals surface area (Å²) in [6, 6.07) is 19.2. The molecule has 1 saturated heterocycles. The van der Waals surface area contributed by atoms with Crippen LogP contribution in [-0.4, -0.2) is 29.4 Å². The molecule has 1 unspecified atom stereocenters. The summed E-state index contributed by atoms with van der Waals surface area (Å²) >= 11 is 5.98. The van der Waals surface area contributed by atoms with Crippen molar-refractivity contribution in [2.75, 3.05) is 11.5 Å². The van der Waals surface area contributed by atoms with Gasteiger partial charge in [-0.1, -0.05) is 54.4 Å². The summed E-state index contributed by atoms with van der Waals surface area (Å²) in [5, 5.41) is 11.6. The molecule has 178 valence electrons. The normalized spacial score (nSPS) is 17.0. The summed E-state index contributed by atoms with van der Waals surface area (Å²) in [6.45, 7) is 4.07. The zero-order valence-electron chi connectivity index (χ0n) is 19.3. The molecule has 4 rings (SSSR count). The van der Waals surface area contributed by atoms with Crippen molar-refractivity contribution in [1.82, 2.24) is 0 Å². The number of amides is 1. The van der Waals surface area contributed by atoms with E-state index in [0.29, 0.717) is 28.3 Å². The van der Waals surface area contributed by atoms with Crippen LogP contribution in [0.4, 0.5) is 5.69 Å². The first-order valence-corrected chi connectivity index (χ1v) is 11.6. The van der Waals surface area contributed by atoms with Crippen LogP contribution in [0.2, 0.25) is 5.02 Å². The van der Waals surface area contributed by atoms with Gasteiger partial charge in [-0.25, -0.2) is 4.79 Å². The molecule has 6 nitrogen and oxygen atoms in total. The number of hydrogen-bond acceptors (Lipinski definition) is 5. The third-order valence-electron chi connectivity index (χ3n) is 5.72. The summed E-state index contributed by atoms with van der Waals surface area (Å²) in [5.41, 5.74) is 2.51. The second-order valence-electron chi connectivity index (χ2n) is 8.28. The molecule has 1 fully saturated rings. The number of esters is 1. The number of halogens is 1.